The fourth-order valence-electron chi connectivity index (χ4n) is 4.77. The Morgan fingerprint density at radius 1 is 0.952 bits per heavy atom. The van der Waals surface area contributed by atoms with E-state index in [-0.39, 0.29) is 24.4 Å². The van der Waals surface area contributed by atoms with Crippen molar-refractivity contribution in [1.82, 2.24) is 10.6 Å². The number of unbranched alkanes of at least 4 members (excludes halogenated alkanes) is 1. The second kappa shape index (κ2) is 24.0. The van der Waals surface area contributed by atoms with E-state index in [0.29, 0.717) is 12.3 Å². The predicted molar refractivity (Wildman–Crippen MR) is 171 cm³/mol. The molecule has 0 aliphatic carbocycles. The van der Waals surface area contributed by atoms with Crippen LogP contribution in [0.25, 0.3) is 0 Å². The van der Waals surface area contributed by atoms with Gasteiger partial charge in [-0.15, -0.1) is 12.8 Å². The summed E-state index contributed by atoms with van der Waals surface area (Å²) in [6, 6.07) is 15.6. The van der Waals surface area contributed by atoms with Gasteiger partial charge in [0, 0.05) is 29.7 Å². The van der Waals surface area contributed by atoms with Gasteiger partial charge in [-0.05, 0) is 50.3 Å². The molecule has 8 heteroatoms. The number of carbonyl (C=O) groups excluding carboxylic acids is 1. The maximum Gasteiger partial charge on any atom is 0.304 e. The van der Waals surface area contributed by atoms with Crippen molar-refractivity contribution in [1.29, 1.82) is 0 Å². The standard InChI is InChI=1S/C25H42N2O5.C6H6.C2H2.CH2O/c1-7-10-11-25(8-2,9-3)27-18(5)21-15-22(32-6)19(12-17(21)4)16-26-20(13-23(28)29)14-24(30)31;1-2-4-6-5-3-1;2*1-2/h12,15,18,20,26-27H,7-11,13-14,16H2,1-6H3,(H,28,29)(H,30,31);1-6H;1-2H;1H2/t18-;;;/m1.../s1. The molecular weight excluding hydrogens is 532 g/mol. The number of nitrogens with one attached hydrogen (secondary N) is 2. The van der Waals surface area contributed by atoms with E-state index >= 15 is 0 Å². The third-order valence-electron chi connectivity index (χ3n) is 7.11. The lowest BCUT2D eigenvalue weighted by atomic mass is 9.85. The third-order valence-corrected chi connectivity index (χ3v) is 7.11. The minimum Gasteiger partial charge on any atom is -0.496 e. The minimum absolute atomic E-state index is 0.107. The molecule has 0 unspecified atom stereocenters. The van der Waals surface area contributed by atoms with Gasteiger partial charge < -0.3 is 30.4 Å². The zero-order valence-corrected chi connectivity index (χ0v) is 26.3. The van der Waals surface area contributed by atoms with Gasteiger partial charge in [-0.25, -0.2) is 0 Å². The number of aryl methyl sites for hydroxylation is 1. The van der Waals surface area contributed by atoms with Crippen LogP contribution < -0.4 is 15.4 Å². The summed E-state index contributed by atoms with van der Waals surface area (Å²) in [6.45, 7) is 13.3. The molecule has 0 radical (unpaired) electrons. The van der Waals surface area contributed by atoms with Gasteiger partial charge in [-0.2, -0.15) is 0 Å². The molecule has 1 atom stereocenters. The molecule has 2 aromatic carbocycles. The molecule has 0 spiro atoms. The number of hydrogen-bond donors (Lipinski definition) is 4. The predicted octanol–water partition coefficient (Wildman–Crippen LogP) is 6.56. The lowest BCUT2D eigenvalue weighted by Gasteiger charge is -2.37. The van der Waals surface area contributed by atoms with Crippen LogP contribution in [0, 0.1) is 19.8 Å². The highest BCUT2D eigenvalue weighted by Gasteiger charge is 2.28. The topological polar surface area (TPSA) is 125 Å². The maximum atomic E-state index is 11.1. The van der Waals surface area contributed by atoms with Gasteiger partial charge in [-0.3, -0.25) is 9.59 Å². The van der Waals surface area contributed by atoms with Crippen LogP contribution in [0.5, 0.6) is 5.75 Å². The second-order valence-electron chi connectivity index (χ2n) is 9.91. The first-order chi connectivity index (χ1) is 20.1. The van der Waals surface area contributed by atoms with Crippen molar-refractivity contribution in [3.05, 3.63) is 65.2 Å². The van der Waals surface area contributed by atoms with Crippen LogP contribution in [0.3, 0.4) is 0 Å². The van der Waals surface area contributed by atoms with E-state index in [4.69, 9.17) is 19.7 Å². The third kappa shape index (κ3) is 15.9. The fourth-order valence-corrected chi connectivity index (χ4v) is 4.77. The van der Waals surface area contributed by atoms with E-state index in [9.17, 15) is 9.59 Å². The molecule has 4 N–H and O–H groups in total. The Balaban J connectivity index is 0. The molecule has 0 fully saturated rings. The van der Waals surface area contributed by atoms with Crippen LogP contribution in [0.4, 0.5) is 0 Å². The molecule has 0 bridgehead atoms. The van der Waals surface area contributed by atoms with Crippen molar-refractivity contribution in [3.8, 4) is 18.6 Å². The summed E-state index contributed by atoms with van der Waals surface area (Å²) in [5.74, 6) is -1.34. The molecular formula is C34H52N2O6. The van der Waals surface area contributed by atoms with Crippen molar-refractivity contribution in [2.24, 2.45) is 0 Å². The minimum atomic E-state index is -1.03. The highest BCUT2D eigenvalue weighted by Crippen LogP contribution is 2.31. The lowest BCUT2D eigenvalue weighted by molar-refractivity contribution is -0.139. The van der Waals surface area contributed by atoms with Crippen LogP contribution in [-0.2, 0) is 20.9 Å². The van der Waals surface area contributed by atoms with Crippen molar-refractivity contribution in [3.63, 3.8) is 0 Å². The molecule has 42 heavy (non-hydrogen) atoms. The van der Waals surface area contributed by atoms with Gasteiger partial charge in [0.05, 0.1) is 20.0 Å². The van der Waals surface area contributed by atoms with Crippen LogP contribution in [0.2, 0.25) is 0 Å². The van der Waals surface area contributed by atoms with Crippen molar-refractivity contribution in [2.75, 3.05) is 7.11 Å². The molecule has 0 aliphatic heterocycles. The summed E-state index contributed by atoms with van der Waals surface area (Å²) in [5, 5.41) is 25.1. The summed E-state index contributed by atoms with van der Waals surface area (Å²) < 4.78 is 5.63. The normalized spacial score (nSPS) is 11.0. The quantitative estimate of drug-likeness (QED) is 0.164. The Morgan fingerprint density at radius 3 is 1.81 bits per heavy atom. The van der Waals surface area contributed by atoms with Gasteiger partial charge in [0.15, 0.2) is 0 Å². The fraction of sp³-hybridized carbons (Fsp3) is 0.500. The lowest BCUT2D eigenvalue weighted by Crippen LogP contribution is -2.45. The molecule has 0 aliphatic rings. The summed E-state index contributed by atoms with van der Waals surface area (Å²) >= 11 is 0. The number of aliphatic carboxylic acids is 2. The van der Waals surface area contributed by atoms with Gasteiger partial charge in [0.1, 0.15) is 12.5 Å². The van der Waals surface area contributed by atoms with Gasteiger partial charge >= 0.3 is 11.9 Å². The number of benzene rings is 2. The number of rotatable bonds is 16. The number of carboxylic acids is 2. The van der Waals surface area contributed by atoms with Crippen molar-refractivity contribution < 1.29 is 29.3 Å². The Bertz CT molecular complexity index is 979. The van der Waals surface area contributed by atoms with Gasteiger partial charge in [0.2, 0.25) is 0 Å². The number of hydrogen-bond acceptors (Lipinski definition) is 6. The highest BCUT2D eigenvalue weighted by atomic mass is 16.5. The van der Waals surface area contributed by atoms with Crippen LogP contribution in [-0.4, -0.2) is 47.6 Å². The Kier molecular flexibility index (Phi) is 23.1. The smallest absolute Gasteiger partial charge is 0.304 e. The van der Waals surface area contributed by atoms with Gasteiger partial charge in [-0.1, -0.05) is 76.1 Å². The largest absolute Gasteiger partial charge is 0.496 e. The molecule has 234 valence electrons. The van der Waals surface area contributed by atoms with E-state index in [1.165, 1.54) is 18.4 Å². The van der Waals surface area contributed by atoms with Crippen LogP contribution in [0.15, 0.2) is 48.5 Å². The van der Waals surface area contributed by atoms with Crippen LogP contribution in [0.1, 0.15) is 95.4 Å². The van der Waals surface area contributed by atoms with Gasteiger partial charge in [0.25, 0.3) is 0 Å². The summed E-state index contributed by atoms with van der Waals surface area (Å²) in [4.78, 5) is 30.1. The number of carboxylic acid groups (broad SMARTS) is 2. The Morgan fingerprint density at radius 2 is 1.43 bits per heavy atom. The number of ether oxygens (including phenoxy) is 1. The SMILES string of the molecule is C#C.C=O.CCCCC(CC)(CC)N[C@H](C)c1cc(OC)c(CNC(CC(=O)O)CC(=O)O)cc1C.c1ccccc1. The zero-order valence-electron chi connectivity index (χ0n) is 26.3. The van der Waals surface area contributed by atoms with Crippen LogP contribution >= 0.6 is 0 Å². The van der Waals surface area contributed by atoms with E-state index in [0.717, 1.165) is 30.4 Å². The average Bonchev–Trinajstić information content (AvgIpc) is 3.00. The number of carbonyl (C=O) groups is 3. The first-order valence-electron chi connectivity index (χ1n) is 14.4. The highest BCUT2D eigenvalue weighted by molar-refractivity contribution is 5.71. The Labute approximate surface area is 253 Å². The van der Waals surface area contributed by atoms with E-state index < -0.39 is 18.0 Å². The van der Waals surface area contributed by atoms with E-state index in [2.05, 4.69) is 58.1 Å². The summed E-state index contributed by atoms with van der Waals surface area (Å²) in [5.41, 5.74) is 3.27. The second-order valence-corrected chi connectivity index (χ2v) is 9.91. The van der Waals surface area contributed by atoms with Crippen molar-refractivity contribution >= 4 is 18.7 Å². The molecule has 0 saturated heterocycles. The molecule has 0 heterocycles. The molecule has 8 nitrogen and oxygen atoms in total. The molecule has 0 aromatic heterocycles. The first kappa shape index (κ1) is 40.5. The van der Waals surface area contributed by atoms with Crippen molar-refractivity contribution in [2.45, 2.75) is 104 Å². The number of methoxy groups -OCH3 is 1. The monoisotopic (exact) mass is 584 g/mol. The van der Waals surface area contributed by atoms with E-state index in [1.807, 2.05) is 55.3 Å². The number of terminal acetylenes is 1. The van der Waals surface area contributed by atoms with E-state index in [1.54, 1.807) is 7.11 Å². The molecule has 0 amide bonds. The maximum absolute atomic E-state index is 11.1. The molecule has 0 saturated carbocycles. The molecule has 2 rings (SSSR count). The Hall–Kier alpha value is -3.67. The average molecular weight is 585 g/mol. The zero-order chi connectivity index (χ0) is 32.6. The first-order valence-corrected chi connectivity index (χ1v) is 14.4. The summed E-state index contributed by atoms with van der Waals surface area (Å²) in [7, 11) is 1.62. The molecule has 2 aromatic rings. The summed E-state index contributed by atoms with van der Waals surface area (Å²) in [6.07, 6.45) is 13.2.